The zero-order valence-electron chi connectivity index (χ0n) is 27.8. The van der Waals surface area contributed by atoms with E-state index >= 15 is 0 Å². The lowest BCUT2D eigenvalue weighted by atomic mass is 9.91. The van der Waals surface area contributed by atoms with Crippen molar-refractivity contribution in [3.8, 4) is 5.75 Å². The first kappa shape index (κ1) is 36.8. The smallest absolute Gasteiger partial charge is 0.306 e. The molecule has 1 aliphatic rings. The van der Waals surface area contributed by atoms with Gasteiger partial charge in [-0.25, -0.2) is 0 Å². The second-order valence-electron chi connectivity index (χ2n) is 12.2. The van der Waals surface area contributed by atoms with Crippen LogP contribution in [0.3, 0.4) is 0 Å². The number of rotatable bonds is 16. The Balaban J connectivity index is 1.75. The minimum atomic E-state index is -0.935. The Bertz CT molecular complexity index is 1500. The number of ether oxygens (including phenoxy) is 2. The van der Waals surface area contributed by atoms with E-state index in [1.165, 1.54) is 24.8 Å². The van der Waals surface area contributed by atoms with Crippen LogP contribution >= 0.6 is 0 Å². The minimum absolute atomic E-state index is 0.0469. The van der Waals surface area contributed by atoms with E-state index < -0.39 is 41.7 Å². The lowest BCUT2D eigenvalue weighted by molar-refractivity contribution is -0.146. The molecule has 3 amide bonds. The summed E-state index contributed by atoms with van der Waals surface area (Å²) in [5, 5.41) is 15.6. The molecule has 0 saturated heterocycles. The summed E-state index contributed by atoms with van der Waals surface area (Å²) in [6, 6.07) is 6.87. The molecule has 0 fully saturated rings. The maximum Gasteiger partial charge on any atom is 0.306 e. The summed E-state index contributed by atoms with van der Waals surface area (Å²) in [6.07, 6.45) is 2.69. The fourth-order valence-corrected chi connectivity index (χ4v) is 5.34. The average molecular weight is 651 g/mol. The second kappa shape index (κ2) is 16.7. The molecule has 0 aromatic heterocycles. The first-order valence-electron chi connectivity index (χ1n) is 15.7. The number of esters is 1. The molecule has 0 radical (unpaired) electrons. The number of nitrogens with one attached hydrogen (secondary N) is 2. The molecule has 0 aliphatic carbocycles. The number of nitrogens with two attached hydrogens (primary N) is 1. The Hall–Kier alpha value is -4.71. The monoisotopic (exact) mass is 650 g/mol. The van der Waals surface area contributed by atoms with Gasteiger partial charge in [-0.05, 0) is 68.9 Å². The first-order chi connectivity index (χ1) is 22.3. The van der Waals surface area contributed by atoms with Crippen molar-refractivity contribution in [3.05, 3.63) is 59.7 Å². The summed E-state index contributed by atoms with van der Waals surface area (Å²) < 4.78 is 10.8. The third-order valence-electron chi connectivity index (χ3n) is 8.01. The minimum Gasteiger partial charge on any atom is -0.493 e. The molecule has 12 nitrogen and oxygen atoms in total. The Labute approximate surface area is 275 Å². The highest BCUT2D eigenvalue weighted by Crippen LogP contribution is 2.37. The predicted octanol–water partition coefficient (Wildman–Crippen LogP) is 3.72. The molecule has 0 bridgehead atoms. The van der Waals surface area contributed by atoms with Crippen molar-refractivity contribution in [3.63, 3.8) is 0 Å². The molecule has 47 heavy (non-hydrogen) atoms. The summed E-state index contributed by atoms with van der Waals surface area (Å²) in [4.78, 5) is 64.8. The van der Waals surface area contributed by atoms with Crippen molar-refractivity contribution in [1.82, 2.24) is 5.32 Å². The lowest BCUT2D eigenvalue weighted by Gasteiger charge is -2.26. The number of nitrogen functional groups attached to an aromatic ring is 1. The second-order valence-corrected chi connectivity index (χ2v) is 12.2. The zero-order valence-corrected chi connectivity index (χ0v) is 27.8. The molecule has 5 N–H and O–H groups in total. The molecule has 1 heterocycles. The predicted molar refractivity (Wildman–Crippen MR) is 179 cm³/mol. The molecule has 1 aliphatic heterocycles. The van der Waals surface area contributed by atoms with Crippen LogP contribution in [0.15, 0.2) is 43.0 Å². The topological polar surface area (TPSA) is 177 Å². The number of hydrogen-bond acceptors (Lipinski definition) is 9. The van der Waals surface area contributed by atoms with Gasteiger partial charge in [0.2, 0.25) is 11.8 Å². The van der Waals surface area contributed by atoms with Crippen molar-refractivity contribution in [2.24, 2.45) is 11.8 Å². The fraction of sp³-hybridized carbons (Fsp3) is 0.457. The van der Waals surface area contributed by atoms with Gasteiger partial charge in [-0.3, -0.25) is 19.2 Å². The highest BCUT2D eigenvalue weighted by Gasteiger charge is 2.35. The largest absolute Gasteiger partial charge is 0.493 e. The van der Waals surface area contributed by atoms with Crippen LogP contribution in [-0.4, -0.2) is 66.5 Å². The van der Waals surface area contributed by atoms with Gasteiger partial charge >= 0.3 is 5.97 Å². The number of aryl methyl sites for hydroxylation is 1. The molecule has 0 saturated carbocycles. The fourth-order valence-electron chi connectivity index (χ4n) is 5.34. The van der Waals surface area contributed by atoms with Gasteiger partial charge < -0.3 is 40.6 Å². The number of hydrogen-bond donors (Lipinski definition) is 4. The summed E-state index contributed by atoms with van der Waals surface area (Å²) in [5.41, 5.74) is 9.15. The van der Waals surface area contributed by atoms with E-state index in [4.69, 9.17) is 15.2 Å². The van der Waals surface area contributed by atoms with E-state index in [1.807, 2.05) is 13.8 Å². The Morgan fingerprint density at radius 3 is 2.49 bits per heavy atom. The Morgan fingerprint density at radius 1 is 1.13 bits per heavy atom. The van der Waals surface area contributed by atoms with Crippen molar-refractivity contribution < 1.29 is 38.6 Å². The van der Waals surface area contributed by atoms with Crippen LogP contribution in [0.2, 0.25) is 0 Å². The van der Waals surface area contributed by atoms with Gasteiger partial charge in [-0.1, -0.05) is 32.6 Å². The van der Waals surface area contributed by atoms with Crippen LogP contribution in [-0.2, 0) is 30.3 Å². The molecule has 0 spiro atoms. The van der Waals surface area contributed by atoms with Crippen LogP contribution in [0, 0.1) is 18.8 Å². The highest BCUT2D eigenvalue weighted by molar-refractivity contribution is 6.11. The summed E-state index contributed by atoms with van der Waals surface area (Å²) >= 11 is 0. The molecule has 2 aromatic rings. The molecule has 254 valence electrons. The van der Waals surface area contributed by atoms with Gasteiger partial charge in [0.05, 0.1) is 37.2 Å². The normalized spacial score (nSPS) is 15.0. The number of nitrogens with zero attached hydrogens (tertiary/aromatic N) is 1. The van der Waals surface area contributed by atoms with Crippen LogP contribution in [0.25, 0.3) is 0 Å². The number of amides is 3. The van der Waals surface area contributed by atoms with E-state index in [9.17, 15) is 29.1 Å². The molecule has 3 atom stereocenters. The summed E-state index contributed by atoms with van der Waals surface area (Å²) in [5.74, 6) is -2.17. The quantitative estimate of drug-likeness (QED) is 0.0912. The molecular formula is C35H46N4O8. The number of Topliss-reactive ketones (excluding diaryl/α,β-unsaturated/α-hetero) is 1. The van der Waals surface area contributed by atoms with E-state index in [2.05, 4.69) is 17.2 Å². The van der Waals surface area contributed by atoms with Gasteiger partial charge in [0.25, 0.3) is 5.91 Å². The van der Waals surface area contributed by atoms with Crippen molar-refractivity contribution >= 4 is 46.5 Å². The number of aliphatic hydroxyl groups is 1. The highest BCUT2D eigenvalue weighted by atomic mass is 16.5. The van der Waals surface area contributed by atoms with Crippen molar-refractivity contribution in [2.75, 3.05) is 35.8 Å². The van der Waals surface area contributed by atoms with E-state index in [1.54, 1.807) is 37.3 Å². The summed E-state index contributed by atoms with van der Waals surface area (Å²) in [6.45, 7) is 12.1. The number of anilines is 3. The number of benzene rings is 2. The number of aliphatic hydroxyl groups excluding tert-OH is 1. The standard InChI is InChI=1S/C35H46N4O8/c1-7-12-47-32(42)17-27(20(2)3)34(44)37-23(6)33(43)38-25-11-10-24-15-26(19-40)39(30(24)16-25)35(45)28-14-21(4)31(18-29(28)36)46-13-8-9-22(5)41/h7,10-11,14,16,18,20,23,26-27,40H,1,8-9,12-13,15,17,19,36H2,2-6H3,(H,37,44)(H,38,43)/t23-,26-,27-/m0/s1. The van der Waals surface area contributed by atoms with Gasteiger partial charge in [0.1, 0.15) is 24.2 Å². The van der Waals surface area contributed by atoms with Crippen LogP contribution in [0.4, 0.5) is 17.1 Å². The van der Waals surface area contributed by atoms with Gasteiger partial charge in [0, 0.05) is 29.5 Å². The lowest BCUT2D eigenvalue weighted by Crippen LogP contribution is -2.45. The Kier molecular flexibility index (Phi) is 13.1. The van der Waals surface area contributed by atoms with Crippen molar-refractivity contribution in [2.45, 2.75) is 72.4 Å². The molecule has 2 aromatic carbocycles. The van der Waals surface area contributed by atoms with Crippen LogP contribution in [0.1, 0.15) is 68.4 Å². The zero-order chi connectivity index (χ0) is 34.8. The van der Waals surface area contributed by atoms with Crippen molar-refractivity contribution in [1.29, 1.82) is 0 Å². The summed E-state index contributed by atoms with van der Waals surface area (Å²) in [7, 11) is 0. The molecule has 3 rings (SSSR count). The Morgan fingerprint density at radius 2 is 1.85 bits per heavy atom. The maximum absolute atomic E-state index is 13.9. The van der Waals surface area contributed by atoms with Gasteiger partial charge in [-0.2, -0.15) is 0 Å². The third-order valence-corrected chi connectivity index (χ3v) is 8.01. The van der Waals surface area contributed by atoms with E-state index in [-0.39, 0.29) is 42.6 Å². The van der Waals surface area contributed by atoms with Crippen LogP contribution in [0.5, 0.6) is 5.75 Å². The van der Waals surface area contributed by atoms with Crippen LogP contribution < -0.4 is 26.0 Å². The van der Waals surface area contributed by atoms with E-state index in [0.29, 0.717) is 48.6 Å². The molecule has 12 heteroatoms. The third kappa shape index (κ3) is 9.65. The van der Waals surface area contributed by atoms with Gasteiger partial charge in [0.15, 0.2) is 0 Å². The number of carbonyl (C=O) groups is 5. The van der Waals surface area contributed by atoms with Gasteiger partial charge in [-0.15, -0.1) is 0 Å². The maximum atomic E-state index is 13.9. The molecular weight excluding hydrogens is 604 g/mol. The SMILES string of the molecule is C=CCOC(=O)C[C@H](C(=O)N[C@@H](C)C(=O)Nc1ccc2c(c1)N(C(=O)c1cc(C)c(OCCCC(C)=O)cc1N)[C@H](CO)C2)C(C)C. The molecule has 0 unspecified atom stereocenters. The number of ketones is 1. The number of fused-ring (bicyclic) bond motifs is 1. The number of carbonyl (C=O) groups excluding carboxylic acids is 5. The average Bonchev–Trinajstić information content (AvgIpc) is 3.39. The van der Waals surface area contributed by atoms with E-state index in [0.717, 1.165) is 5.56 Å². The first-order valence-corrected chi connectivity index (χ1v) is 15.7.